The van der Waals surface area contributed by atoms with E-state index >= 15 is 0 Å². The molecule has 0 aliphatic carbocycles. The molecular weight excluding hydrogens is 372 g/mol. The molecule has 4 rings (SSSR count). The molecule has 2 fully saturated rings. The van der Waals surface area contributed by atoms with Gasteiger partial charge in [-0.15, -0.1) is 11.3 Å². The number of carbonyl (C=O) groups excluding carboxylic acids is 2. The van der Waals surface area contributed by atoms with E-state index in [1.54, 1.807) is 11.3 Å². The highest BCUT2D eigenvalue weighted by atomic mass is 32.1. The lowest BCUT2D eigenvalue weighted by molar-refractivity contribution is -0.140. The van der Waals surface area contributed by atoms with E-state index in [1.807, 2.05) is 58.5 Å². The average molecular weight is 399 g/mol. The topological polar surface area (TPSA) is 60.9 Å². The number of piperidine rings is 2. The number of anilines is 1. The van der Waals surface area contributed by atoms with Crippen molar-refractivity contribution in [3.8, 4) is 0 Å². The lowest BCUT2D eigenvalue weighted by Gasteiger charge is -2.42. The van der Waals surface area contributed by atoms with Gasteiger partial charge in [0.25, 0.3) is 0 Å². The van der Waals surface area contributed by atoms with E-state index in [9.17, 15) is 14.7 Å². The van der Waals surface area contributed by atoms with Crippen LogP contribution in [0.5, 0.6) is 0 Å². The Hall–Kier alpha value is -2.18. The number of likely N-dealkylation sites (tertiary alicyclic amines) is 1. The van der Waals surface area contributed by atoms with Crippen LogP contribution in [0.1, 0.15) is 42.2 Å². The number of hydrogen-bond donors (Lipinski definition) is 1. The van der Waals surface area contributed by atoms with Gasteiger partial charge < -0.3 is 14.9 Å². The highest BCUT2D eigenvalue weighted by molar-refractivity contribution is 7.10. The van der Waals surface area contributed by atoms with Gasteiger partial charge in [-0.2, -0.15) is 0 Å². The Morgan fingerprint density at radius 2 is 1.82 bits per heavy atom. The molecule has 2 saturated heterocycles. The number of thiophene rings is 1. The van der Waals surface area contributed by atoms with Gasteiger partial charge in [0, 0.05) is 30.1 Å². The number of rotatable bonds is 3. The SMILES string of the molecule is Cc1ccc(N2C(=O)CCC(C(=O)N3CCC(O)CC3)C2c2cccs2)cc1. The zero-order valence-electron chi connectivity index (χ0n) is 16.1. The molecule has 0 saturated carbocycles. The van der Waals surface area contributed by atoms with Crippen LogP contribution in [0, 0.1) is 12.8 Å². The maximum Gasteiger partial charge on any atom is 0.228 e. The third kappa shape index (κ3) is 3.71. The van der Waals surface area contributed by atoms with Gasteiger partial charge in [0.15, 0.2) is 0 Å². The van der Waals surface area contributed by atoms with Gasteiger partial charge >= 0.3 is 0 Å². The van der Waals surface area contributed by atoms with Crippen molar-refractivity contribution < 1.29 is 14.7 Å². The molecule has 0 radical (unpaired) electrons. The fourth-order valence-electron chi connectivity index (χ4n) is 4.27. The monoisotopic (exact) mass is 398 g/mol. The van der Waals surface area contributed by atoms with Crippen LogP contribution in [0.4, 0.5) is 5.69 Å². The molecule has 2 amide bonds. The molecule has 2 unspecified atom stereocenters. The molecule has 2 atom stereocenters. The number of nitrogens with zero attached hydrogens (tertiary/aromatic N) is 2. The second-order valence-corrected chi connectivity index (χ2v) is 8.74. The summed E-state index contributed by atoms with van der Waals surface area (Å²) >= 11 is 1.60. The Bertz CT molecular complexity index is 826. The van der Waals surface area contributed by atoms with Crippen LogP contribution in [0.15, 0.2) is 41.8 Å². The predicted molar refractivity (Wildman–Crippen MR) is 110 cm³/mol. The second-order valence-electron chi connectivity index (χ2n) is 7.76. The standard InChI is InChI=1S/C22H26N2O3S/c1-15-4-6-16(7-5-15)24-20(26)9-8-18(21(24)19-3-2-14-28-19)22(27)23-12-10-17(25)11-13-23/h2-7,14,17-18,21,25H,8-13H2,1H3. The van der Waals surface area contributed by atoms with Gasteiger partial charge in [0.1, 0.15) is 0 Å². The molecule has 1 N–H and O–H groups in total. The molecule has 2 aromatic rings. The number of amides is 2. The molecule has 0 spiro atoms. The fraction of sp³-hybridized carbons (Fsp3) is 0.455. The molecule has 3 heterocycles. The number of carbonyl (C=O) groups is 2. The Balaban J connectivity index is 1.68. The first-order valence-electron chi connectivity index (χ1n) is 9.93. The first-order chi connectivity index (χ1) is 13.5. The highest BCUT2D eigenvalue weighted by Gasteiger charge is 2.43. The van der Waals surface area contributed by atoms with Crippen LogP contribution < -0.4 is 4.90 Å². The molecule has 1 aromatic heterocycles. The van der Waals surface area contributed by atoms with Crippen molar-refractivity contribution in [2.45, 2.75) is 44.8 Å². The quantitative estimate of drug-likeness (QED) is 0.860. The van der Waals surface area contributed by atoms with Gasteiger partial charge in [-0.05, 0) is 49.8 Å². The second kappa shape index (κ2) is 8.05. The lowest BCUT2D eigenvalue weighted by atomic mass is 9.85. The third-order valence-corrected chi connectivity index (χ3v) is 6.78. The number of benzene rings is 1. The van der Waals surface area contributed by atoms with Gasteiger partial charge in [-0.3, -0.25) is 9.59 Å². The molecule has 28 heavy (non-hydrogen) atoms. The minimum absolute atomic E-state index is 0.0698. The van der Waals surface area contributed by atoms with Gasteiger partial charge in [0.05, 0.1) is 18.1 Å². The fourth-order valence-corrected chi connectivity index (χ4v) is 5.15. The minimum atomic E-state index is -0.311. The zero-order chi connectivity index (χ0) is 19.7. The summed E-state index contributed by atoms with van der Waals surface area (Å²) in [5.41, 5.74) is 1.99. The van der Waals surface area contributed by atoms with Crippen LogP contribution >= 0.6 is 11.3 Å². The van der Waals surface area contributed by atoms with Crippen LogP contribution in [-0.4, -0.2) is 41.0 Å². The smallest absolute Gasteiger partial charge is 0.228 e. The van der Waals surface area contributed by atoms with Gasteiger partial charge in [-0.25, -0.2) is 0 Å². The molecule has 5 nitrogen and oxygen atoms in total. The number of aryl methyl sites for hydroxylation is 1. The van der Waals surface area contributed by atoms with Crippen molar-refractivity contribution in [2.24, 2.45) is 5.92 Å². The summed E-state index contributed by atoms with van der Waals surface area (Å²) < 4.78 is 0. The summed E-state index contributed by atoms with van der Waals surface area (Å²) in [6.07, 6.45) is 1.89. The van der Waals surface area contributed by atoms with E-state index in [4.69, 9.17) is 0 Å². The van der Waals surface area contributed by atoms with E-state index in [-0.39, 0.29) is 29.9 Å². The first-order valence-corrected chi connectivity index (χ1v) is 10.8. The minimum Gasteiger partial charge on any atom is -0.393 e. The van der Waals surface area contributed by atoms with E-state index in [0.717, 1.165) is 16.1 Å². The van der Waals surface area contributed by atoms with Crippen molar-refractivity contribution in [1.29, 1.82) is 0 Å². The van der Waals surface area contributed by atoms with Crippen molar-refractivity contribution in [3.63, 3.8) is 0 Å². The first kappa shape index (κ1) is 19.2. The van der Waals surface area contributed by atoms with E-state index in [2.05, 4.69) is 0 Å². The molecule has 2 aliphatic heterocycles. The summed E-state index contributed by atoms with van der Waals surface area (Å²) in [6, 6.07) is 11.7. The highest BCUT2D eigenvalue weighted by Crippen LogP contribution is 2.42. The molecule has 0 bridgehead atoms. The Morgan fingerprint density at radius 1 is 1.11 bits per heavy atom. The average Bonchev–Trinajstić information content (AvgIpc) is 3.23. The van der Waals surface area contributed by atoms with Crippen LogP contribution in [0.3, 0.4) is 0 Å². The molecular formula is C22H26N2O3S. The van der Waals surface area contributed by atoms with E-state index in [0.29, 0.717) is 38.8 Å². The normalized spacial score (nSPS) is 23.9. The largest absolute Gasteiger partial charge is 0.393 e. The Labute approximate surface area is 169 Å². The van der Waals surface area contributed by atoms with Crippen LogP contribution in [0.2, 0.25) is 0 Å². The maximum atomic E-state index is 13.4. The van der Waals surface area contributed by atoms with Crippen molar-refractivity contribution >= 4 is 28.8 Å². The molecule has 148 valence electrons. The summed E-state index contributed by atoms with van der Waals surface area (Å²) in [4.78, 5) is 31.1. The van der Waals surface area contributed by atoms with Gasteiger partial charge in [-0.1, -0.05) is 23.8 Å². The lowest BCUT2D eigenvalue weighted by Crippen LogP contribution is -2.51. The third-order valence-electron chi connectivity index (χ3n) is 5.84. The van der Waals surface area contributed by atoms with Gasteiger partial charge in [0.2, 0.25) is 11.8 Å². The van der Waals surface area contributed by atoms with Crippen molar-refractivity contribution in [2.75, 3.05) is 18.0 Å². The maximum absolute atomic E-state index is 13.4. The zero-order valence-corrected chi connectivity index (χ0v) is 16.9. The Kier molecular flexibility index (Phi) is 5.51. The van der Waals surface area contributed by atoms with Crippen LogP contribution in [0.25, 0.3) is 0 Å². The number of aliphatic hydroxyl groups is 1. The summed E-state index contributed by atoms with van der Waals surface area (Å²) in [6.45, 7) is 3.20. The Morgan fingerprint density at radius 3 is 2.46 bits per heavy atom. The number of aliphatic hydroxyl groups excluding tert-OH is 1. The molecule has 1 aromatic carbocycles. The van der Waals surface area contributed by atoms with Crippen LogP contribution in [-0.2, 0) is 9.59 Å². The predicted octanol–water partition coefficient (Wildman–Crippen LogP) is 3.52. The summed E-state index contributed by atoms with van der Waals surface area (Å²) in [7, 11) is 0. The summed E-state index contributed by atoms with van der Waals surface area (Å²) in [5.74, 6) is -0.0804. The molecule has 6 heteroatoms. The van der Waals surface area contributed by atoms with Crippen molar-refractivity contribution in [3.05, 3.63) is 52.2 Å². The molecule has 2 aliphatic rings. The van der Waals surface area contributed by atoms with Crippen molar-refractivity contribution in [1.82, 2.24) is 4.90 Å². The number of hydrogen-bond acceptors (Lipinski definition) is 4. The van der Waals surface area contributed by atoms with E-state index in [1.165, 1.54) is 0 Å². The van der Waals surface area contributed by atoms with E-state index < -0.39 is 0 Å². The summed E-state index contributed by atoms with van der Waals surface area (Å²) in [5, 5.41) is 11.8.